The molecule has 2 N–H and O–H groups in total. The molecule has 0 heterocycles. The zero-order valence-corrected chi connectivity index (χ0v) is 16.8. The van der Waals surface area contributed by atoms with Crippen molar-refractivity contribution in [2.75, 3.05) is 26.5 Å². The van der Waals surface area contributed by atoms with Crippen molar-refractivity contribution < 1.29 is 19.1 Å². The summed E-state index contributed by atoms with van der Waals surface area (Å²) < 4.78 is 5.30. The lowest BCUT2D eigenvalue weighted by Gasteiger charge is -2.13. The summed E-state index contributed by atoms with van der Waals surface area (Å²) in [6.07, 6.45) is 0. The first-order valence-corrected chi connectivity index (χ1v) is 9.53. The molecule has 0 aliphatic carbocycles. The number of rotatable bonds is 7. The number of hydrogen-bond acceptors (Lipinski definition) is 6. The Labute approximate surface area is 172 Å². The van der Waals surface area contributed by atoms with Gasteiger partial charge in [0.2, 0.25) is 5.91 Å². The van der Waals surface area contributed by atoms with Gasteiger partial charge in [-0.05, 0) is 36.4 Å². The number of thioether (sulfide) groups is 1. The number of ether oxygens (including phenoxy) is 1. The number of carbonyl (C=O) groups is 3. The van der Waals surface area contributed by atoms with Gasteiger partial charge >= 0.3 is 0 Å². The monoisotopic (exact) mass is 412 g/mol. The fourth-order valence-electron chi connectivity index (χ4n) is 2.05. The molecule has 29 heavy (non-hydrogen) atoms. The van der Waals surface area contributed by atoms with Crippen molar-refractivity contribution in [3.05, 3.63) is 59.7 Å². The van der Waals surface area contributed by atoms with Gasteiger partial charge in [-0.25, -0.2) is 0 Å². The number of hydrazine groups is 1. The number of carbonyl (C=O) groups excluding carboxylic acids is 3. The highest BCUT2D eigenvalue weighted by Gasteiger charge is 2.14. The summed E-state index contributed by atoms with van der Waals surface area (Å²) in [6, 6.07) is 15.1. The summed E-state index contributed by atoms with van der Waals surface area (Å²) in [5.41, 5.74) is 5.45. The maximum Gasteiger partial charge on any atom is 0.276 e. The quantitative estimate of drug-likeness (QED) is 0.528. The molecule has 0 saturated heterocycles. The second kappa shape index (κ2) is 10.7. The van der Waals surface area contributed by atoms with E-state index in [0.29, 0.717) is 21.8 Å². The molecule has 150 valence electrons. The van der Waals surface area contributed by atoms with Crippen LogP contribution in [0.5, 0.6) is 5.75 Å². The topological polar surface area (TPSA) is 112 Å². The summed E-state index contributed by atoms with van der Waals surface area (Å²) >= 11 is 1.24. The molecule has 0 aliphatic rings. The van der Waals surface area contributed by atoms with Crippen LogP contribution >= 0.6 is 11.8 Å². The fourth-order valence-corrected chi connectivity index (χ4v) is 3.08. The molecule has 2 rings (SSSR count). The smallest absolute Gasteiger partial charge is 0.276 e. The van der Waals surface area contributed by atoms with Gasteiger partial charge in [0.1, 0.15) is 5.75 Å². The summed E-state index contributed by atoms with van der Waals surface area (Å²) in [4.78, 5) is 38.1. The van der Waals surface area contributed by atoms with Crippen LogP contribution in [0.4, 0.5) is 0 Å². The van der Waals surface area contributed by atoms with Crippen molar-refractivity contribution in [1.29, 1.82) is 5.26 Å². The van der Waals surface area contributed by atoms with Crippen LogP contribution in [0.2, 0.25) is 0 Å². The van der Waals surface area contributed by atoms with Crippen LogP contribution < -0.4 is 15.6 Å². The van der Waals surface area contributed by atoms with Gasteiger partial charge in [0.15, 0.2) is 6.61 Å². The predicted molar refractivity (Wildman–Crippen MR) is 108 cm³/mol. The van der Waals surface area contributed by atoms with Gasteiger partial charge < -0.3 is 9.64 Å². The van der Waals surface area contributed by atoms with Crippen LogP contribution in [0.15, 0.2) is 53.4 Å². The molecule has 2 aromatic rings. The molecule has 3 amide bonds. The molecule has 0 spiro atoms. The van der Waals surface area contributed by atoms with Crippen molar-refractivity contribution in [3.63, 3.8) is 0 Å². The highest BCUT2D eigenvalue weighted by molar-refractivity contribution is 8.00. The van der Waals surface area contributed by atoms with Crippen molar-refractivity contribution >= 4 is 29.5 Å². The number of benzene rings is 2. The van der Waals surface area contributed by atoms with E-state index in [2.05, 4.69) is 10.9 Å². The molecule has 0 atom stereocenters. The third-order valence-electron chi connectivity index (χ3n) is 3.65. The average molecular weight is 412 g/mol. The molecular weight excluding hydrogens is 392 g/mol. The highest BCUT2D eigenvalue weighted by Crippen LogP contribution is 2.22. The van der Waals surface area contributed by atoms with Crippen LogP contribution in [0.3, 0.4) is 0 Å². The van der Waals surface area contributed by atoms with Crippen LogP contribution in [-0.2, 0) is 9.59 Å². The number of amides is 3. The van der Waals surface area contributed by atoms with Crippen LogP contribution in [0.1, 0.15) is 15.9 Å². The van der Waals surface area contributed by atoms with Gasteiger partial charge in [0, 0.05) is 19.0 Å². The highest BCUT2D eigenvalue weighted by atomic mass is 32.2. The standard InChI is InChI=1S/C20H20N4O4S/c1-24(2)19(26)13-29-17-6-4-3-5-16(17)20(27)23-22-18(25)12-28-15-9-7-14(11-21)8-10-15/h3-10H,12-13H2,1-2H3,(H,22,25)(H,23,27). The lowest BCUT2D eigenvalue weighted by atomic mass is 10.2. The fraction of sp³-hybridized carbons (Fsp3) is 0.200. The van der Waals surface area contributed by atoms with E-state index in [1.54, 1.807) is 62.6 Å². The molecule has 0 saturated carbocycles. The van der Waals surface area contributed by atoms with Gasteiger partial charge in [-0.15, -0.1) is 11.8 Å². The molecule has 0 aliphatic heterocycles. The van der Waals surface area contributed by atoms with Gasteiger partial charge in [-0.3, -0.25) is 25.2 Å². The molecule has 0 aromatic heterocycles. The predicted octanol–water partition coefficient (Wildman–Crippen LogP) is 1.58. The zero-order valence-electron chi connectivity index (χ0n) is 16.0. The summed E-state index contributed by atoms with van der Waals surface area (Å²) in [6.45, 7) is -0.306. The van der Waals surface area contributed by atoms with Gasteiger partial charge in [0.25, 0.3) is 11.8 Å². The Balaban J connectivity index is 1.85. The Morgan fingerprint density at radius 3 is 2.41 bits per heavy atom. The van der Waals surface area contributed by atoms with Crippen molar-refractivity contribution in [2.24, 2.45) is 0 Å². The zero-order chi connectivity index (χ0) is 21.2. The van der Waals surface area contributed by atoms with E-state index in [1.165, 1.54) is 16.7 Å². The minimum atomic E-state index is -0.546. The second-order valence-electron chi connectivity index (χ2n) is 6.00. The lowest BCUT2D eigenvalue weighted by molar-refractivity contribution is -0.126. The van der Waals surface area contributed by atoms with Crippen molar-refractivity contribution in [1.82, 2.24) is 15.8 Å². The SMILES string of the molecule is CN(C)C(=O)CSc1ccccc1C(=O)NNC(=O)COc1ccc(C#N)cc1. The van der Waals surface area contributed by atoms with E-state index in [-0.39, 0.29) is 18.3 Å². The Morgan fingerprint density at radius 1 is 1.07 bits per heavy atom. The minimum Gasteiger partial charge on any atom is -0.484 e. The Bertz CT molecular complexity index is 923. The summed E-state index contributed by atoms with van der Waals surface area (Å²) in [5, 5.41) is 8.75. The normalized spacial score (nSPS) is 9.83. The molecule has 0 fully saturated rings. The van der Waals surface area contributed by atoms with E-state index in [4.69, 9.17) is 10.00 Å². The third kappa shape index (κ3) is 6.86. The number of hydrogen-bond donors (Lipinski definition) is 2. The van der Waals surface area contributed by atoms with Crippen molar-refractivity contribution in [2.45, 2.75) is 4.90 Å². The maximum atomic E-state index is 12.4. The molecular formula is C20H20N4O4S. The number of nitrogens with zero attached hydrogens (tertiary/aromatic N) is 2. The van der Waals surface area contributed by atoms with Crippen LogP contribution in [0, 0.1) is 11.3 Å². The van der Waals surface area contributed by atoms with Crippen LogP contribution in [0.25, 0.3) is 0 Å². The second-order valence-corrected chi connectivity index (χ2v) is 7.02. The third-order valence-corrected chi connectivity index (χ3v) is 4.71. The first kappa shape index (κ1) is 21.8. The van der Waals surface area contributed by atoms with Gasteiger partial charge in [-0.1, -0.05) is 12.1 Å². The number of nitrogens with one attached hydrogen (secondary N) is 2. The summed E-state index contributed by atoms with van der Waals surface area (Å²) in [5.74, 6) is -0.494. The van der Waals surface area contributed by atoms with Gasteiger partial charge in [0.05, 0.1) is 22.9 Å². The molecule has 0 bridgehead atoms. The van der Waals surface area contributed by atoms with Gasteiger partial charge in [-0.2, -0.15) is 5.26 Å². The minimum absolute atomic E-state index is 0.0709. The Morgan fingerprint density at radius 2 is 1.76 bits per heavy atom. The number of nitriles is 1. The van der Waals surface area contributed by atoms with E-state index >= 15 is 0 Å². The van der Waals surface area contributed by atoms with Crippen molar-refractivity contribution in [3.8, 4) is 11.8 Å². The largest absolute Gasteiger partial charge is 0.484 e. The summed E-state index contributed by atoms with van der Waals surface area (Å²) in [7, 11) is 3.33. The molecule has 0 unspecified atom stereocenters. The lowest BCUT2D eigenvalue weighted by Crippen LogP contribution is -2.44. The van der Waals surface area contributed by atoms with E-state index in [9.17, 15) is 14.4 Å². The molecule has 2 aromatic carbocycles. The maximum absolute atomic E-state index is 12.4. The molecule has 9 heteroatoms. The first-order valence-electron chi connectivity index (χ1n) is 8.55. The van der Waals surface area contributed by atoms with E-state index in [0.717, 1.165) is 0 Å². The van der Waals surface area contributed by atoms with E-state index < -0.39 is 11.8 Å². The Hall–Kier alpha value is -3.51. The molecule has 8 nitrogen and oxygen atoms in total. The molecule has 0 radical (unpaired) electrons. The Kier molecular flexibility index (Phi) is 8.06. The van der Waals surface area contributed by atoms with E-state index in [1.807, 2.05) is 6.07 Å². The first-order chi connectivity index (χ1) is 13.9. The average Bonchev–Trinajstić information content (AvgIpc) is 2.74. The van der Waals surface area contributed by atoms with Crippen LogP contribution in [-0.4, -0.2) is 49.1 Å².